The standard InChI is InChI=1S/C7H12ClN3O2/c1-11-5(8)2-10-7(11)6(13)4(9)3-12/h2,4,6,12-13H,3,9H2,1H3. The van der Waals surface area contributed by atoms with E-state index in [0.717, 1.165) is 0 Å². The summed E-state index contributed by atoms with van der Waals surface area (Å²) in [4.78, 5) is 3.87. The smallest absolute Gasteiger partial charge is 0.140 e. The average Bonchev–Trinajstić information content (AvgIpc) is 2.45. The van der Waals surface area contributed by atoms with Crippen LogP contribution in [-0.2, 0) is 7.05 Å². The lowest BCUT2D eigenvalue weighted by Gasteiger charge is -2.15. The van der Waals surface area contributed by atoms with Crippen LogP contribution in [0.3, 0.4) is 0 Å². The second-order valence-electron chi connectivity index (χ2n) is 2.79. The minimum Gasteiger partial charge on any atom is -0.395 e. The van der Waals surface area contributed by atoms with Gasteiger partial charge in [0.1, 0.15) is 17.1 Å². The fraction of sp³-hybridized carbons (Fsp3) is 0.571. The van der Waals surface area contributed by atoms with E-state index in [2.05, 4.69) is 4.98 Å². The highest BCUT2D eigenvalue weighted by Crippen LogP contribution is 2.17. The van der Waals surface area contributed by atoms with Gasteiger partial charge in [0.05, 0.1) is 18.8 Å². The van der Waals surface area contributed by atoms with E-state index in [0.29, 0.717) is 11.0 Å². The lowest BCUT2D eigenvalue weighted by atomic mass is 10.2. The second-order valence-corrected chi connectivity index (χ2v) is 3.18. The Balaban J connectivity index is 2.88. The molecule has 5 nitrogen and oxygen atoms in total. The summed E-state index contributed by atoms with van der Waals surface area (Å²) in [6.45, 7) is -0.300. The molecule has 0 bridgehead atoms. The minimum atomic E-state index is -0.998. The molecule has 13 heavy (non-hydrogen) atoms. The predicted molar refractivity (Wildman–Crippen MR) is 48.2 cm³/mol. The number of imidazole rings is 1. The van der Waals surface area contributed by atoms with Crippen LogP contribution >= 0.6 is 11.6 Å². The molecule has 0 aliphatic heterocycles. The summed E-state index contributed by atoms with van der Waals surface area (Å²) in [6.07, 6.45) is 0.423. The van der Waals surface area contributed by atoms with E-state index < -0.39 is 12.1 Å². The molecule has 2 unspecified atom stereocenters. The van der Waals surface area contributed by atoms with Crippen LogP contribution in [0.4, 0.5) is 0 Å². The number of nitrogens with two attached hydrogens (primary N) is 1. The van der Waals surface area contributed by atoms with Crippen molar-refractivity contribution < 1.29 is 10.2 Å². The number of aliphatic hydroxyl groups is 2. The highest BCUT2D eigenvalue weighted by atomic mass is 35.5. The van der Waals surface area contributed by atoms with Crippen LogP contribution in [0.5, 0.6) is 0 Å². The normalized spacial score (nSPS) is 15.8. The van der Waals surface area contributed by atoms with E-state index in [1.54, 1.807) is 7.05 Å². The van der Waals surface area contributed by atoms with Crippen molar-refractivity contribution in [3.05, 3.63) is 17.2 Å². The third-order valence-electron chi connectivity index (χ3n) is 1.85. The van der Waals surface area contributed by atoms with Crippen LogP contribution in [0.1, 0.15) is 11.9 Å². The highest BCUT2D eigenvalue weighted by Gasteiger charge is 2.20. The van der Waals surface area contributed by atoms with E-state index in [1.165, 1.54) is 10.8 Å². The Morgan fingerprint density at radius 2 is 2.38 bits per heavy atom. The number of rotatable bonds is 3. The summed E-state index contributed by atoms with van der Waals surface area (Å²) in [7, 11) is 1.66. The maximum absolute atomic E-state index is 9.56. The fourth-order valence-corrected chi connectivity index (χ4v) is 1.10. The quantitative estimate of drug-likeness (QED) is 0.617. The highest BCUT2D eigenvalue weighted by molar-refractivity contribution is 6.29. The van der Waals surface area contributed by atoms with Crippen molar-refractivity contribution in [3.8, 4) is 0 Å². The van der Waals surface area contributed by atoms with E-state index >= 15 is 0 Å². The van der Waals surface area contributed by atoms with Gasteiger partial charge in [-0.05, 0) is 0 Å². The van der Waals surface area contributed by atoms with Crippen LogP contribution in [0.25, 0.3) is 0 Å². The Labute approximate surface area is 80.8 Å². The van der Waals surface area contributed by atoms with Crippen LogP contribution in [0.2, 0.25) is 5.15 Å². The minimum absolute atomic E-state index is 0.300. The van der Waals surface area contributed by atoms with Gasteiger partial charge in [-0.1, -0.05) is 11.6 Å². The largest absolute Gasteiger partial charge is 0.395 e. The molecule has 6 heteroatoms. The van der Waals surface area contributed by atoms with Crippen molar-refractivity contribution in [1.82, 2.24) is 9.55 Å². The molecule has 4 N–H and O–H groups in total. The number of aliphatic hydroxyl groups excluding tert-OH is 2. The van der Waals surface area contributed by atoms with E-state index in [4.69, 9.17) is 22.4 Å². The van der Waals surface area contributed by atoms with Crippen LogP contribution in [-0.4, -0.2) is 32.4 Å². The molecule has 1 rings (SSSR count). The molecule has 0 spiro atoms. The molecule has 2 atom stereocenters. The molecule has 1 aromatic rings. The van der Waals surface area contributed by atoms with Gasteiger partial charge in [-0.25, -0.2) is 4.98 Å². The van der Waals surface area contributed by atoms with E-state index in [1.807, 2.05) is 0 Å². The van der Waals surface area contributed by atoms with Crippen molar-refractivity contribution in [2.45, 2.75) is 12.1 Å². The molecule has 0 aliphatic rings. The van der Waals surface area contributed by atoms with Crippen LogP contribution < -0.4 is 5.73 Å². The average molecular weight is 206 g/mol. The van der Waals surface area contributed by atoms with E-state index in [-0.39, 0.29) is 6.61 Å². The zero-order chi connectivity index (χ0) is 10.0. The van der Waals surface area contributed by atoms with Gasteiger partial charge in [0.15, 0.2) is 0 Å². The van der Waals surface area contributed by atoms with Crippen molar-refractivity contribution in [3.63, 3.8) is 0 Å². The van der Waals surface area contributed by atoms with Gasteiger partial charge in [0.2, 0.25) is 0 Å². The van der Waals surface area contributed by atoms with Crippen LogP contribution in [0.15, 0.2) is 6.20 Å². The van der Waals surface area contributed by atoms with Gasteiger partial charge in [-0.3, -0.25) is 0 Å². The molecular weight excluding hydrogens is 194 g/mol. The van der Waals surface area contributed by atoms with Gasteiger partial charge in [-0.2, -0.15) is 0 Å². The lowest BCUT2D eigenvalue weighted by molar-refractivity contribution is 0.0999. The Morgan fingerprint density at radius 1 is 1.77 bits per heavy atom. The number of nitrogens with zero attached hydrogens (tertiary/aromatic N) is 2. The third-order valence-corrected chi connectivity index (χ3v) is 2.20. The molecule has 0 amide bonds. The number of hydrogen-bond acceptors (Lipinski definition) is 4. The molecule has 1 heterocycles. The van der Waals surface area contributed by atoms with Gasteiger partial charge in [0, 0.05) is 7.05 Å². The summed E-state index contributed by atoms with van der Waals surface area (Å²) >= 11 is 5.71. The molecule has 74 valence electrons. The molecule has 0 aromatic carbocycles. The second kappa shape index (κ2) is 4.06. The maximum Gasteiger partial charge on any atom is 0.140 e. The summed E-state index contributed by atoms with van der Waals surface area (Å²) in [6, 6.07) is -0.739. The number of aromatic nitrogens is 2. The zero-order valence-corrected chi connectivity index (χ0v) is 7.94. The number of hydrogen-bond donors (Lipinski definition) is 3. The van der Waals surface area contributed by atoms with Gasteiger partial charge in [-0.15, -0.1) is 0 Å². The third kappa shape index (κ3) is 2.00. The van der Waals surface area contributed by atoms with Gasteiger partial charge >= 0.3 is 0 Å². The topological polar surface area (TPSA) is 84.3 Å². The molecule has 0 saturated carbocycles. The lowest BCUT2D eigenvalue weighted by Crippen LogP contribution is -2.33. The zero-order valence-electron chi connectivity index (χ0n) is 7.18. The van der Waals surface area contributed by atoms with Gasteiger partial charge in [0.25, 0.3) is 0 Å². The molecule has 0 radical (unpaired) electrons. The molecule has 1 aromatic heterocycles. The fourth-order valence-electron chi connectivity index (χ4n) is 0.968. The maximum atomic E-state index is 9.56. The first-order valence-corrected chi connectivity index (χ1v) is 4.17. The monoisotopic (exact) mass is 205 g/mol. The predicted octanol–water partition coefficient (Wildman–Crippen LogP) is -0.574. The van der Waals surface area contributed by atoms with Crippen molar-refractivity contribution in [2.24, 2.45) is 12.8 Å². The Morgan fingerprint density at radius 3 is 2.77 bits per heavy atom. The Hall–Kier alpha value is -0.620. The van der Waals surface area contributed by atoms with Gasteiger partial charge < -0.3 is 20.5 Å². The van der Waals surface area contributed by atoms with Crippen molar-refractivity contribution >= 4 is 11.6 Å². The Kier molecular flexibility index (Phi) is 3.27. The summed E-state index contributed by atoms with van der Waals surface area (Å²) < 4.78 is 1.52. The first-order valence-electron chi connectivity index (χ1n) is 3.79. The Bertz CT molecular complexity index is 289. The van der Waals surface area contributed by atoms with Crippen molar-refractivity contribution in [2.75, 3.05) is 6.61 Å². The number of halogens is 1. The first-order chi connectivity index (χ1) is 6.07. The molecule has 0 saturated heterocycles. The first kappa shape index (κ1) is 10.5. The summed E-state index contributed by atoms with van der Waals surface area (Å²) in [5.74, 6) is 0.353. The molecular formula is C7H12ClN3O2. The SMILES string of the molecule is Cn1c(Cl)cnc1C(O)C(N)CO. The molecule has 0 aliphatic carbocycles. The summed E-state index contributed by atoms with van der Waals surface area (Å²) in [5.41, 5.74) is 5.43. The molecule has 0 fully saturated rings. The summed E-state index contributed by atoms with van der Waals surface area (Å²) in [5, 5.41) is 18.7. The van der Waals surface area contributed by atoms with Crippen LogP contribution in [0, 0.1) is 0 Å². The van der Waals surface area contributed by atoms with E-state index in [9.17, 15) is 5.11 Å². The van der Waals surface area contributed by atoms with Crippen molar-refractivity contribution in [1.29, 1.82) is 0 Å².